The van der Waals surface area contributed by atoms with E-state index in [0.717, 1.165) is 11.3 Å². The van der Waals surface area contributed by atoms with E-state index in [1.807, 2.05) is 34.7 Å². The van der Waals surface area contributed by atoms with Crippen molar-refractivity contribution in [2.24, 2.45) is 0 Å². The highest BCUT2D eigenvalue weighted by molar-refractivity contribution is 9.10. The molecule has 0 aliphatic rings. The fourth-order valence-electron chi connectivity index (χ4n) is 1.91. The molecule has 2 aromatic heterocycles. The van der Waals surface area contributed by atoms with Crippen molar-refractivity contribution in [1.82, 2.24) is 9.38 Å². The summed E-state index contributed by atoms with van der Waals surface area (Å²) in [5.41, 5.74) is 8.69. The topological polar surface area (TPSA) is 63.5 Å². The summed E-state index contributed by atoms with van der Waals surface area (Å²) in [5.74, 6) is 0.0210. The first-order chi connectivity index (χ1) is 8.68. The maximum absolute atomic E-state index is 9.76. The van der Waals surface area contributed by atoms with E-state index in [0.29, 0.717) is 15.8 Å². The maximum atomic E-state index is 9.76. The molecule has 90 valence electrons. The second-order valence-corrected chi connectivity index (χ2v) is 4.74. The van der Waals surface area contributed by atoms with Gasteiger partial charge in [0, 0.05) is 11.8 Å². The van der Waals surface area contributed by atoms with Gasteiger partial charge in [-0.1, -0.05) is 30.3 Å². The quantitative estimate of drug-likeness (QED) is 0.726. The number of rotatable bonds is 1. The van der Waals surface area contributed by atoms with Crippen molar-refractivity contribution in [2.75, 3.05) is 5.73 Å². The van der Waals surface area contributed by atoms with Gasteiger partial charge in [-0.05, 0) is 15.9 Å². The zero-order valence-electron chi connectivity index (χ0n) is 9.34. The number of fused-ring (bicyclic) bond motifs is 1. The van der Waals surface area contributed by atoms with Gasteiger partial charge in [-0.15, -0.1) is 0 Å². The average Bonchev–Trinajstić information content (AvgIpc) is 2.81. The van der Waals surface area contributed by atoms with E-state index in [1.165, 1.54) is 0 Å². The first kappa shape index (κ1) is 11.1. The van der Waals surface area contributed by atoms with E-state index in [1.54, 1.807) is 12.4 Å². The first-order valence-electron chi connectivity index (χ1n) is 5.38. The number of aromatic nitrogens is 2. The van der Waals surface area contributed by atoms with Gasteiger partial charge in [0.2, 0.25) is 0 Å². The smallest absolute Gasteiger partial charge is 0.158 e. The molecule has 3 rings (SSSR count). The Morgan fingerprint density at radius 1 is 1.22 bits per heavy atom. The Kier molecular flexibility index (Phi) is 2.48. The van der Waals surface area contributed by atoms with Crippen LogP contribution in [0.15, 0.2) is 47.2 Å². The van der Waals surface area contributed by atoms with Crippen LogP contribution in [0.3, 0.4) is 0 Å². The van der Waals surface area contributed by atoms with Crippen LogP contribution in [-0.2, 0) is 0 Å². The van der Waals surface area contributed by atoms with Gasteiger partial charge in [0.05, 0.1) is 17.6 Å². The Morgan fingerprint density at radius 3 is 2.67 bits per heavy atom. The van der Waals surface area contributed by atoms with E-state index >= 15 is 0 Å². The highest BCUT2D eigenvalue weighted by atomic mass is 79.9. The molecule has 3 aromatic rings. The SMILES string of the molecule is Nc1cn2c(-c3ccccc3)cnc2c(Br)c1O. The van der Waals surface area contributed by atoms with Crippen LogP contribution in [0.2, 0.25) is 0 Å². The van der Waals surface area contributed by atoms with Crippen LogP contribution in [0.5, 0.6) is 5.75 Å². The predicted octanol–water partition coefficient (Wildman–Crippen LogP) is 3.05. The number of pyridine rings is 1. The summed E-state index contributed by atoms with van der Waals surface area (Å²) in [6.07, 6.45) is 3.43. The van der Waals surface area contributed by atoms with Crippen LogP contribution in [0.1, 0.15) is 0 Å². The number of aromatic hydroxyl groups is 1. The van der Waals surface area contributed by atoms with Gasteiger partial charge >= 0.3 is 0 Å². The minimum Gasteiger partial charge on any atom is -0.504 e. The summed E-state index contributed by atoms with van der Waals surface area (Å²) in [7, 11) is 0. The molecule has 2 heterocycles. The van der Waals surface area contributed by atoms with Crippen LogP contribution in [0, 0.1) is 0 Å². The molecule has 4 nitrogen and oxygen atoms in total. The molecule has 0 atom stereocenters. The first-order valence-corrected chi connectivity index (χ1v) is 6.17. The van der Waals surface area contributed by atoms with Gasteiger partial charge in [-0.3, -0.25) is 4.40 Å². The van der Waals surface area contributed by atoms with Crippen molar-refractivity contribution in [1.29, 1.82) is 0 Å². The van der Waals surface area contributed by atoms with Crippen molar-refractivity contribution < 1.29 is 5.11 Å². The van der Waals surface area contributed by atoms with Crippen molar-refractivity contribution >= 4 is 27.3 Å². The molecular formula is C13H10BrN3O. The summed E-state index contributed by atoms with van der Waals surface area (Å²) < 4.78 is 2.36. The lowest BCUT2D eigenvalue weighted by Gasteiger charge is -2.06. The molecule has 3 N–H and O–H groups in total. The van der Waals surface area contributed by atoms with Crippen LogP contribution >= 0.6 is 15.9 Å². The molecule has 0 unspecified atom stereocenters. The van der Waals surface area contributed by atoms with Gasteiger partial charge in [-0.25, -0.2) is 4.98 Å². The number of anilines is 1. The Bertz CT molecular complexity index is 722. The molecule has 0 bridgehead atoms. The minimum absolute atomic E-state index is 0.0210. The van der Waals surface area contributed by atoms with Crippen molar-refractivity contribution in [3.63, 3.8) is 0 Å². The molecule has 0 radical (unpaired) electrons. The fraction of sp³-hybridized carbons (Fsp3) is 0. The molecule has 0 amide bonds. The second kappa shape index (κ2) is 4.03. The average molecular weight is 304 g/mol. The molecular weight excluding hydrogens is 294 g/mol. The Labute approximate surface area is 112 Å². The van der Waals surface area contributed by atoms with Crippen molar-refractivity contribution in [3.05, 3.63) is 47.2 Å². The van der Waals surface area contributed by atoms with E-state index < -0.39 is 0 Å². The Morgan fingerprint density at radius 2 is 1.94 bits per heavy atom. The number of nitrogens with two attached hydrogens (primary N) is 1. The summed E-state index contributed by atoms with van der Waals surface area (Å²) >= 11 is 3.30. The molecule has 1 aromatic carbocycles. The molecule has 0 saturated carbocycles. The zero-order valence-corrected chi connectivity index (χ0v) is 10.9. The molecule has 0 fully saturated rings. The lowest BCUT2D eigenvalue weighted by Crippen LogP contribution is -1.95. The van der Waals surface area contributed by atoms with E-state index in [2.05, 4.69) is 20.9 Å². The van der Waals surface area contributed by atoms with Gasteiger partial charge in [0.1, 0.15) is 4.47 Å². The van der Waals surface area contributed by atoms with E-state index in [-0.39, 0.29) is 5.75 Å². The number of hydrogen-bond donors (Lipinski definition) is 2. The largest absolute Gasteiger partial charge is 0.504 e. The summed E-state index contributed by atoms with van der Waals surface area (Å²) in [5, 5.41) is 9.76. The van der Waals surface area contributed by atoms with E-state index in [9.17, 15) is 5.11 Å². The number of benzene rings is 1. The molecule has 0 spiro atoms. The summed E-state index contributed by atoms with van der Waals surface area (Å²) in [4.78, 5) is 4.30. The molecule has 18 heavy (non-hydrogen) atoms. The van der Waals surface area contributed by atoms with E-state index in [4.69, 9.17) is 5.73 Å². The van der Waals surface area contributed by atoms with Gasteiger partial charge < -0.3 is 10.8 Å². The van der Waals surface area contributed by atoms with Crippen molar-refractivity contribution in [3.8, 4) is 17.0 Å². The normalized spacial score (nSPS) is 10.9. The zero-order chi connectivity index (χ0) is 12.7. The van der Waals surface area contributed by atoms with Gasteiger partial charge in [-0.2, -0.15) is 0 Å². The Balaban J connectivity index is 2.34. The maximum Gasteiger partial charge on any atom is 0.158 e. The lowest BCUT2D eigenvalue weighted by atomic mass is 10.2. The van der Waals surface area contributed by atoms with Gasteiger partial charge in [0.25, 0.3) is 0 Å². The number of nitrogens with zero attached hydrogens (tertiary/aromatic N) is 2. The van der Waals surface area contributed by atoms with Crippen LogP contribution in [-0.4, -0.2) is 14.5 Å². The standard InChI is InChI=1S/C13H10BrN3O/c14-11-12(18)9(15)7-17-10(6-16-13(11)17)8-4-2-1-3-5-8/h1-7,18H,15H2. The molecule has 0 aliphatic carbocycles. The van der Waals surface area contributed by atoms with Crippen molar-refractivity contribution in [2.45, 2.75) is 0 Å². The molecule has 0 saturated heterocycles. The molecule has 5 heteroatoms. The highest BCUT2D eigenvalue weighted by Crippen LogP contribution is 2.35. The lowest BCUT2D eigenvalue weighted by molar-refractivity contribution is 0.474. The second-order valence-electron chi connectivity index (χ2n) is 3.95. The number of nitrogen functional groups attached to an aromatic ring is 1. The predicted molar refractivity (Wildman–Crippen MR) is 74.4 cm³/mol. The molecule has 0 aliphatic heterocycles. The highest BCUT2D eigenvalue weighted by Gasteiger charge is 2.13. The number of imidazole rings is 1. The number of halogens is 1. The Hall–Kier alpha value is -2.01. The minimum atomic E-state index is 0.0210. The third-order valence-corrected chi connectivity index (χ3v) is 3.54. The van der Waals surface area contributed by atoms with Crippen LogP contribution in [0.25, 0.3) is 16.9 Å². The fourth-order valence-corrected chi connectivity index (χ4v) is 2.43. The third-order valence-electron chi connectivity index (χ3n) is 2.81. The summed E-state index contributed by atoms with van der Waals surface area (Å²) in [6.45, 7) is 0. The van der Waals surface area contributed by atoms with Crippen LogP contribution < -0.4 is 5.73 Å². The monoisotopic (exact) mass is 303 g/mol. The van der Waals surface area contributed by atoms with Gasteiger partial charge in [0.15, 0.2) is 11.4 Å². The number of hydrogen-bond acceptors (Lipinski definition) is 3. The van der Waals surface area contributed by atoms with Crippen LogP contribution in [0.4, 0.5) is 5.69 Å². The summed E-state index contributed by atoms with van der Waals surface area (Å²) in [6, 6.07) is 9.89. The third kappa shape index (κ3) is 1.55.